The van der Waals surface area contributed by atoms with Crippen LogP contribution in [0.2, 0.25) is 5.02 Å². The molecule has 2 N–H and O–H groups in total. The highest BCUT2D eigenvalue weighted by Gasteiger charge is 2.51. The number of nitrogens with zero attached hydrogens (tertiary/aromatic N) is 1. The minimum atomic E-state index is -0.433. The molecule has 5 nitrogen and oxygen atoms in total. The third-order valence-electron chi connectivity index (χ3n) is 5.64. The predicted octanol–water partition coefficient (Wildman–Crippen LogP) is 4.42. The number of Topliss-reactive ketones (excluding diaryl/α,β-unsaturated/α-hetero) is 1. The lowest BCUT2D eigenvalue weighted by Gasteiger charge is -2.14. The Kier molecular flexibility index (Phi) is 4.57. The molecule has 148 valence electrons. The maximum atomic E-state index is 13.1. The Balaban J connectivity index is 1.33. The summed E-state index contributed by atoms with van der Waals surface area (Å²) in [6.45, 7) is 0.229. The van der Waals surface area contributed by atoms with Gasteiger partial charge in [-0.2, -0.15) is 0 Å². The van der Waals surface area contributed by atoms with Crippen molar-refractivity contribution in [2.75, 3.05) is 6.79 Å². The molecule has 5 rings (SSSR count). The first-order valence-electron chi connectivity index (χ1n) is 9.45. The second-order valence-electron chi connectivity index (χ2n) is 7.41. The molecule has 1 aliphatic carbocycles. The van der Waals surface area contributed by atoms with E-state index in [1.54, 1.807) is 6.20 Å². The fourth-order valence-electron chi connectivity index (χ4n) is 3.78. The van der Waals surface area contributed by atoms with Gasteiger partial charge < -0.3 is 15.2 Å². The van der Waals surface area contributed by atoms with Gasteiger partial charge in [-0.3, -0.25) is 4.79 Å². The zero-order chi connectivity index (χ0) is 20.0. The molecule has 2 heterocycles. The van der Waals surface area contributed by atoms with Gasteiger partial charge in [0.15, 0.2) is 11.5 Å². The minimum Gasteiger partial charge on any atom is -0.454 e. The van der Waals surface area contributed by atoms with Crippen LogP contribution in [0.25, 0.3) is 0 Å². The summed E-state index contributed by atoms with van der Waals surface area (Å²) >= 11 is 7.74. The number of rotatable bonds is 6. The van der Waals surface area contributed by atoms with Crippen molar-refractivity contribution in [3.8, 4) is 11.5 Å². The van der Waals surface area contributed by atoms with E-state index in [0.717, 1.165) is 39.6 Å². The first-order chi connectivity index (χ1) is 14.1. The van der Waals surface area contributed by atoms with Gasteiger partial charge in [0, 0.05) is 16.1 Å². The molecule has 29 heavy (non-hydrogen) atoms. The van der Waals surface area contributed by atoms with Crippen molar-refractivity contribution < 1.29 is 14.3 Å². The van der Waals surface area contributed by atoms with E-state index in [4.69, 9.17) is 26.8 Å². The quantitative estimate of drug-likeness (QED) is 0.631. The van der Waals surface area contributed by atoms with E-state index in [2.05, 4.69) is 4.98 Å². The van der Waals surface area contributed by atoms with Crippen molar-refractivity contribution in [1.29, 1.82) is 0 Å². The van der Waals surface area contributed by atoms with Crippen molar-refractivity contribution in [3.05, 3.63) is 74.7 Å². The number of thiazole rings is 1. The fraction of sp³-hybridized carbons (Fsp3) is 0.273. The highest BCUT2D eigenvalue weighted by molar-refractivity contribution is 7.11. The maximum Gasteiger partial charge on any atom is 0.231 e. The molecular formula is C22H19ClN2O3S. The average Bonchev–Trinajstić information content (AvgIpc) is 3.18. The number of ether oxygens (including phenoxy) is 2. The normalized spacial score (nSPS) is 17.2. The molecule has 3 aromatic rings. The molecule has 0 amide bonds. The molecule has 0 saturated heterocycles. The van der Waals surface area contributed by atoms with E-state index in [1.165, 1.54) is 11.3 Å². The first-order valence-corrected chi connectivity index (χ1v) is 10.6. The van der Waals surface area contributed by atoms with Crippen LogP contribution in [0.3, 0.4) is 0 Å². The number of ketones is 1. The van der Waals surface area contributed by atoms with Crippen LogP contribution in [0.1, 0.15) is 39.9 Å². The zero-order valence-electron chi connectivity index (χ0n) is 15.6. The molecule has 1 atom stereocenters. The highest BCUT2D eigenvalue weighted by atomic mass is 35.5. The Hall–Kier alpha value is -2.41. The molecule has 0 unspecified atom stereocenters. The van der Waals surface area contributed by atoms with Crippen LogP contribution in [0.5, 0.6) is 11.5 Å². The largest absolute Gasteiger partial charge is 0.454 e. The van der Waals surface area contributed by atoms with E-state index in [-0.39, 0.29) is 18.6 Å². The number of halogens is 1. The summed E-state index contributed by atoms with van der Waals surface area (Å²) in [5, 5.41) is 1.41. The molecule has 7 heteroatoms. The van der Waals surface area contributed by atoms with Gasteiger partial charge in [0.25, 0.3) is 0 Å². The molecule has 1 fully saturated rings. The standard InChI is InChI=1S/C22H19ClN2O3S/c23-15-4-2-1-3-14(15)21(24)18-11-25-20(29-18)10-19(26)22(7-8-22)13-5-6-16-17(9-13)28-12-27-16/h1-6,9,11,21H,7-8,10,12,24H2/t21-/m1/s1. The molecule has 1 aliphatic heterocycles. The number of hydrogen-bond acceptors (Lipinski definition) is 6. The molecule has 1 saturated carbocycles. The van der Waals surface area contributed by atoms with Gasteiger partial charge in [0.1, 0.15) is 10.8 Å². The topological polar surface area (TPSA) is 74.4 Å². The minimum absolute atomic E-state index is 0.184. The number of carbonyl (C=O) groups is 1. The fourth-order valence-corrected chi connectivity index (χ4v) is 4.98. The van der Waals surface area contributed by atoms with E-state index in [9.17, 15) is 4.79 Å². The van der Waals surface area contributed by atoms with E-state index >= 15 is 0 Å². The van der Waals surface area contributed by atoms with Gasteiger partial charge in [0.05, 0.1) is 17.9 Å². The van der Waals surface area contributed by atoms with Gasteiger partial charge in [-0.25, -0.2) is 4.98 Å². The predicted molar refractivity (Wildman–Crippen MR) is 112 cm³/mol. The smallest absolute Gasteiger partial charge is 0.231 e. The molecule has 0 radical (unpaired) electrons. The van der Waals surface area contributed by atoms with Gasteiger partial charge in [-0.15, -0.1) is 11.3 Å². The van der Waals surface area contributed by atoms with E-state index in [1.807, 2.05) is 42.5 Å². The molecule has 1 aromatic heterocycles. The summed E-state index contributed by atoms with van der Waals surface area (Å²) in [6, 6.07) is 13.0. The summed E-state index contributed by atoms with van der Waals surface area (Å²) in [5.41, 5.74) is 7.80. The maximum absolute atomic E-state index is 13.1. The van der Waals surface area contributed by atoms with Gasteiger partial charge >= 0.3 is 0 Å². The van der Waals surface area contributed by atoms with Crippen LogP contribution in [-0.2, 0) is 16.6 Å². The number of carbonyl (C=O) groups excluding carboxylic acids is 1. The number of fused-ring (bicyclic) bond motifs is 1. The van der Waals surface area contributed by atoms with E-state index < -0.39 is 5.41 Å². The Morgan fingerprint density at radius 2 is 2.00 bits per heavy atom. The molecule has 2 aromatic carbocycles. The van der Waals surface area contributed by atoms with E-state index in [0.29, 0.717) is 17.2 Å². The Labute approximate surface area is 177 Å². The summed E-state index contributed by atoms with van der Waals surface area (Å²) < 4.78 is 10.8. The highest BCUT2D eigenvalue weighted by Crippen LogP contribution is 2.51. The number of aromatic nitrogens is 1. The third-order valence-corrected chi connectivity index (χ3v) is 7.06. The van der Waals surface area contributed by atoms with Crippen molar-refractivity contribution in [2.45, 2.75) is 30.7 Å². The molecule has 0 bridgehead atoms. The second kappa shape index (κ2) is 7.13. The van der Waals surface area contributed by atoms with Crippen molar-refractivity contribution >= 4 is 28.7 Å². The number of benzene rings is 2. The number of nitrogens with two attached hydrogens (primary N) is 1. The van der Waals surface area contributed by atoms with Crippen LogP contribution in [0.4, 0.5) is 0 Å². The van der Waals surface area contributed by atoms with Gasteiger partial charge in [-0.1, -0.05) is 35.9 Å². The van der Waals surface area contributed by atoms with Crippen LogP contribution >= 0.6 is 22.9 Å². The monoisotopic (exact) mass is 426 g/mol. The van der Waals surface area contributed by atoms with Crippen LogP contribution in [0.15, 0.2) is 48.7 Å². The Morgan fingerprint density at radius 1 is 1.21 bits per heavy atom. The SMILES string of the molecule is N[C@@H](c1cnc(CC(=O)C2(c3ccc4c(c3)OCO4)CC2)s1)c1ccccc1Cl. The molecule has 0 spiro atoms. The van der Waals surface area contributed by atoms with Crippen LogP contribution in [-0.4, -0.2) is 17.6 Å². The number of hydrogen-bond donors (Lipinski definition) is 1. The van der Waals surface area contributed by atoms with Crippen LogP contribution < -0.4 is 15.2 Å². The summed E-state index contributed by atoms with van der Waals surface area (Å²) in [6.07, 6.45) is 3.75. The van der Waals surface area contributed by atoms with Crippen molar-refractivity contribution in [1.82, 2.24) is 4.98 Å². The summed E-state index contributed by atoms with van der Waals surface area (Å²) in [7, 11) is 0. The lowest BCUT2D eigenvalue weighted by Crippen LogP contribution is -2.22. The van der Waals surface area contributed by atoms with Crippen molar-refractivity contribution in [2.24, 2.45) is 5.73 Å². The van der Waals surface area contributed by atoms with Crippen LogP contribution in [0, 0.1) is 0 Å². The van der Waals surface area contributed by atoms with Gasteiger partial charge in [0.2, 0.25) is 6.79 Å². The Bertz CT molecular complexity index is 1090. The molecular weight excluding hydrogens is 408 g/mol. The lowest BCUT2D eigenvalue weighted by atomic mass is 9.89. The summed E-state index contributed by atoms with van der Waals surface area (Å²) in [5.74, 6) is 1.63. The second-order valence-corrected chi connectivity index (χ2v) is 8.96. The third kappa shape index (κ3) is 3.31. The van der Waals surface area contributed by atoms with Crippen molar-refractivity contribution in [3.63, 3.8) is 0 Å². The Morgan fingerprint density at radius 3 is 2.79 bits per heavy atom. The zero-order valence-corrected chi connectivity index (χ0v) is 17.1. The molecule has 2 aliphatic rings. The summed E-state index contributed by atoms with van der Waals surface area (Å²) in [4.78, 5) is 18.5. The first kappa shape index (κ1) is 18.6. The van der Waals surface area contributed by atoms with Gasteiger partial charge in [-0.05, 0) is 42.2 Å². The average molecular weight is 427 g/mol. The lowest BCUT2D eigenvalue weighted by molar-refractivity contribution is -0.120.